The maximum Gasteiger partial charge on any atom is 0.279 e. The summed E-state index contributed by atoms with van der Waals surface area (Å²) in [5.41, 5.74) is 4.15. The van der Waals surface area contributed by atoms with Crippen molar-refractivity contribution < 1.29 is 9.53 Å². The molecular weight excluding hydrogens is 360 g/mol. The fourth-order valence-electron chi connectivity index (χ4n) is 2.91. The lowest BCUT2D eigenvalue weighted by molar-refractivity contribution is 0.0997. The monoisotopic (exact) mass is 378 g/mol. The highest BCUT2D eigenvalue weighted by molar-refractivity contribution is 7.16. The van der Waals surface area contributed by atoms with Gasteiger partial charge in [-0.15, -0.1) is 0 Å². The van der Waals surface area contributed by atoms with Gasteiger partial charge < -0.3 is 9.30 Å². The van der Waals surface area contributed by atoms with Crippen LogP contribution in [0.1, 0.15) is 15.9 Å². The normalized spacial score (nSPS) is 12.1. The number of aryl methyl sites for hydroxylation is 1. The summed E-state index contributed by atoms with van der Waals surface area (Å²) in [4.78, 5) is 26.3. The number of aromatic nitrogens is 3. The molecular formula is C20H18N4O2S. The zero-order valence-corrected chi connectivity index (χ0v) is 15.9. The van der Waals surface area contributed by atoms with Crippen molar-refractivity contribution >= 4 is 38.5 Å². The highest BCUT2D eigenvalue weighted by Crippen LogP contribution is 2.19. The molecule has 7 heteroatoms. The molecule has 2 aromatic carbocycles. The van der Waals surface area contributed by atoms with E-state index in [1.807, 2.05) is 4.57 Å². The van der Waals surface area contributed by atoms with Crippen LogP contribution in [0, 0.1) is 6.92 Å². The molecule has 0 unspecified atom stereocenters. The maximum absolute atomic E-state index is 12.8. The number of hydrogen-bond donors (Lipinski definition) is 0. The first kappa shape index (κ1) is 17.5. The van der Waals surface area contributed by atoms with Gasteiger partial charge in [-0.2, -0.15) is 4.99 Å². The second-order valence-electron chi connectivity index (χ2n) is 6.18. The average Bonchev–Trinajstić information content (AvgIpc) is 3.01. The van der Waals surface area contributed by atoms with Crippen molar-refractivity contribution in [2.24, 2.45) is 4.99 Å². The van der Waals surface area contributed by atoms with Gasteiger partial charge in [-0.05, 0) is 42.8 Å². The number of carbonyl (C=O) groups is 1. The summed E-state index contributed by atoms with van der Waals surface area (Å²) >= 11 is 1.51. The first-order valence-electron chi connectivity index (χ1n) is 8.54. The van der Waals surface area contributed by atoms with Crippen molar-refractivity contribution in [2.45, 2.75) is 13.5 Å². The lowest BCUT2D eigenvalue weighted by Crippen LogP contribution is -2.19. The third kappa shape index (κ3) is 3.51. The topological polar surface area (TPSA) is 69.4 Å². The highest BCUT2D eigenvalue weighted by Gasteiger charge is 2.10. The molecule has 1 amide bonds. The summed E-state index contributed by atoms with van der Waals surface area (Å²) in [6.45, 7) is 3.23. The molecule has 136 valence electrons. The number of rotatable bonds is 4. The van der Waals surface area contributed by atoms with Crippen molar-refractivity contribution in [1.29, 1.82) is 0 Å². The summed E-state index contributed by atoms with van der Waals surface area (Å²) in [7, 11) is 1.66. The van der Waals surface area contributed by atoms with Gasteiger partial charge in [-0.1, -0.05) is 17.4 Å². The Labute approximate surface area is 159 Å². The van der Waals surface area contributed by atoms with Crippen molar-refractivity contribution in [3.63, 3.8) is 0 Å². The van der Waals surface area contributed by atoms with Crippen LogP contribution < -0.4 is 4.80 Å². The van der Waals surface area contributed by atoms with Gasteiger partial charge in [-0.25, -0.2) is 0 Å². The zero-order valence-electron chi connectivity index (χ0n) is 15.0. The summed E-state index contributed by atoms with van der Waals surface area (Å²) in [5.74, 6) is -0.294. The lowest BCUT2D eigenvalue weighted by Gasteiger charge is -2.04. The molecule has 0 saturated heterocycles. The number of methoxy groups -OCH3 is 1. The minimum atomic E-state index is -0.294. The van der Waals surface area contributed by atoms with E-state index >= 15 is 0 Å². The van der Waals surface area contributed by atoms with E-state index in [2.05, 4.69) is 40.1 Å². The molecule has 27 heavy (non-hydrogen) atoms. The number of benzene rings is 2. The molecule has 2 aromatic heterocycles. The van der Waals surface area contributed by atoms with Crippen LogP contribution in [-0.4, -0.2) is 34.2 Å². The fraction of sp³-hybridized carbons (Fsp3) is 0.200. The first-order valence-corrected chi connectivity index (χ1v) is 9.36. The van der Waals surface area contributed by atoms with Crippen LogP contribution >= 0.6 is 11.3 Å². The second kappa shape index (κ2) is 7.38. The number of nitrogens with zero attached hydrogens (tertiary/aromatic N) is 4. The second-order valence-corrected chi connectivity index (χ2v) is 7.19. The Kier molecular flexibility index (Phi) is 4.79. The van der Waals surface area contributed by atoms with Gasteiger partial charge in [0.2, 0.25) is 0 Å². The van der Waals surface area contributed by atoms with Crippen molar-refractivity contribution in [1.82, 2.24) is 14.5 Å². The van der Waals surface area contributed by atoms with Crippen LogP contribution in [-0.2, 0) is 11.3 Å². The molecule has 6 nitrogen and oxygen atoms in total. The molecule has 0 bridgehead atoms. The minimum Gasteiger partial charge on any atom is -0.383 e. The molecule has 0 atom stereocenters. The molecule has 4 aromatic rings. The van der Waals surface area contributed by atoms with Crippen LogP contribution in [0.15, 0.2) is 53.8 Å². The number of carbonyl (C=O) groups excluding carboxylic acids is 1. The van der Waals surface area contributed by atoms with Crippen molar-refractivity contribution in [2.75, 3.05) is 13.7 Å². The van der Waals surface area contributed by atoms with E-state index in [1.165, 1.54) is 16.9 Å². The molecule has 0 fully saturated rings. The minimum absolute atomic E-state index is 0.294. The number of ether oxygens (including phenoxy) is 1. The Morgan fingerprint density at radius 2 is 1.96 bits per heavy atom. The number of thiazole rings is 1. The predicted octanol–water partition coefficient (Wildman–Crippen LogP) is 3.34. The van der Waals surface area contributed by atoms with Crippen molar-refractivity contribution in [3.05, 3.63) is 64.7 Å². The SMILES string of the molecule is COCCn1c(=NC(=O)c2ccc3nccnc3c2)sc2cc(C)ccc21. The molecule has 2 heterocycles. The van der Waals surface area contributed by atoms with E-state index in [0.717, 1.165) is 15.7 Å². The molecule has 0 radical (unpaired) electrons. The maximum atomic E-state index is 12.8. The first-order chi connectivity index (χ1) is 13.2. The van der Waals surface area contributed by atoms with E-state index in [1.54, 1.807) is 37.7 Å². The molecule has 0 aliphatic carbocycles. The summed E-state index contributed by atoms with van der Waals surface area (Å²) in [6, 6.07) is 11.5. The average molecular weight is 378 g/mol. The van der Waals surface area contributed by atoms with Gasteiger partial charge in [0, 0.05) is 31.6 Å². The molecule has 0 aliphatic rings. The Hall–Kier alpha value is -2.90. The largest absolute Gasteiger partial charge is 0.383 e. The number of fused-ring (bicyclic) bond motifs is 2. The number of amides is 1. The zero-order chi connectivity index (χ0) is 18.8. The smallest absolute Gasteiger partial charge is 0.279 e. The van der Waals surface area contributed by atoms with Crippen LogP contribution in [0.25, 0.3) is 21.3 Å². The van der Waals surface area contributed by atoms with Gasteiger partial charge in [0.25, 0.3) is 5.91 Å². The van der Waals surface area contributed by atoms with E-state index in [9.17, 15) is 4.79 Å². The molecule has 0 N–H and O–H groups in total. The van der Waals surface area contributed by atoms with Crippen molar-refractivity contribution in [3.8, 4) is 0 Å². The Bertz CT molecular complexity index is 1210. The number of hydrogen-bond acceptors (Lipinski definition) is 5. The van der Waals surface area contributed by atoms with Crippen LogP contribution in [0.5, 0.6) is 0 Å². The van der Waals surface area contributed by atoms with Gasteiger partial charge in [0.05, 0.1) is 27.9 Å². The van der Waals surface area contributed by atoms with Gasteiger partial charge in [0.15, 0.2) is 4.80 Å². The van der Waals surface area contributed by atoms with E-state index in [-0.39, 0.29) is 5.91 Å². The predicted molar refractivity (Wildman–Crippen MR) is 106 cm³/mol. The third-order valence-electron chi connectivity index (χ3n) is 4.27. The molecule has 0 saturated carbocycles. The molecule has 0 aliphatic heterocycles. The van der Waals surface area contributed by atoms with Crippen LogP contribution in [0.3, 0.4) is 0 Å². The Morgan fingerprint density at radius 1 is 1.15 bits per heavy atom. The van der Waals surface area contributed by atoms with Gasteiger partial charge >= 0.3 is 0 Å². The lowest BCUT2D eigenvalue weighted by atomic mass is 10.2. The van der Waals surface area contributed by atoms with E-state index in [4.69, 9.17) is 4.74 Å². The molecule has 4 rings (SSSR count). The fourth-order valence-corrected chi connectivity index (χ4v) is 4.06. The third-order valence-corrected chi connectivity index (χ3v) is 5.31. The summed E-state index contributed by atoms with van der Waals surface area (Å²) in [6.07, 6.45) is 3.24. The highest BCUT2D eigenvalue weighted by atomic mass is 32.1. The van der Waals surface area contributed by atoms with E-state index < -0.39 is 0 Å². The van der Waals surface area contributed by atoms with E-state index in [0.29, 0.717) is 29.0 Å². The van der Waals surface area contributed by atoms with Gasteiger partial charge in [-0.3, -0.25) is 14.8 Å². The summed E-state index contributed by atoms with van der Waals surface area (Å²) in [5, 5.41) is 0. The summed E-state index contributed by atoms with van der Waals surface area (Å²) < 4.78 is 8.35. The van der Waals surface area contributed by atoms with Crippen LogP contribution in [0.2, 0.25) is 0 Å². The quantitative estimate of drug-likeness (QED) is 0.546. The standard InChI is InChI=1S/C20H18N4O2S/c1-13-3-6-17-18(11-13)27-20(24(17)9-10-26-2)23-19(25)14-4-5-15-16(12-14)22-8-7-21-15/h3-8,11-12H,9-10H2,1-2H3. The Balaban J connectivity index is 1.81. The van der Waals surface area contributed by atoms with Crippen LogP contribution in [0.4, 0.5) is 0 Å². The van der Waals surface area contributed by atoms with Gasteiger partial charge in [0.1, 0.15) is 0 Å². The Morgan fingerprint density at radius 3 is 2.78 bits per heavy atom. The molecule has 0 spiro atoms.